The van der Waals surface area contributed by atoms with E-state index in [0.29, 0.717) is 17.1 Å². The number of aromatic nitrogens is 2. The van der Waals surface area contributed by atoms with Crippen LogP contribution in [0.15, 0.2) is 12.3 Å². The number of carbonyl (C=O) groups excluding carboxylic acids is 1. The van der Waals surface area contributed by atoms with Crippen LogP contribution in [0, 0.1) is 6.92 Å². The molecule has 0 radical (unpaired) electrons. The minimum absolute atomic E-state index is 0.0712. The Kier molecular flexibility index (Phi) is 3.99. The van der Waals surface area contributed by atoms with Crippen molar-refractivity contribution >= 4 is 27.9 Å². The van der Waals surface area contributed by atoms with Gasteiger partial charge in [0.1, 0.15) is 4.88 Å². The van der Waals surface area contributed by atoms with Crippen molar-refractivity contribution in [3.63, 3.8) is 0 Å². The lowest BCUT2D eigenvalue weighted by Crippen LogP contribution is -2.21. The third-order valence-electron chi connectivity index (χ3n) is 2.93. The van der Waals surface area contributed by atoms with Gasteiger partial charge in [-0.15, -0.1) is 11.3 Å². The number of nitrogens with zero attached hydrogens (tertiary/aromatic N) is 3. The van der Waals surface area contributed by atoms with Gasteiger partial charge >= 0.3 is 0 Å². The van der Waals surface area contributed by atoms with Gasteiger partial charge in [-0.25, -0.2) is 0 Å². The van der Waals surface area contributed by atoms with E-state index in [1.807, 2.05) is 20.2 Å². The molecule has 7 heteroatoms. The number of hydrogen-bond donors (Lipinski definition) is 2. The number of anilines is 2. The lowest BCUT2D eigenvalue weighted by atomic mass is 10.2. The molecular weight excluding hydrogens is 274 g/mol. The van der Waals surface area contributed by atoms with Gasteiger partial charge in [0.25, 0.3) is 5.91 Å². The van der Waals surface area contributed by atoms with Crippen LogP contribution in [0.3, 0.4) is 0 Å². The first-order chi connectivity index (χ1) is 9.38. The molecule has 0 atom stereocenters. The molecule has 2 rings (SSSR count). The van der Waals surface area contributed by atoms with Crippen LogP contribution in [-0.2, 0) is 13.6 Å². The summed E-state index contributed by atoms with van der Waals surface area (Å²) in [4.78, 5) is 14.0. The summed E-state index contributed by atoms with van der Waals surface area (Å²) in [6.45, 7) is 2.63. The number of rotatable bonds is 4. The van der Waals surface area contributed by atoms with Crippen LogP contribution < -0.4 is 11.1 Å². The normalized spacial score (nSPS) is 10.6. The number of aryl methyl sites for hydroxylation is 2. The SMILES string of the molecule is Cc1nn(C)cc1CNc1cc(N)c(C(=O)N(C)C)s1. The molecule has 0 aliphatic heterocycles. The van der Waals surface area contributed by atoms with Crippen LogP contribution in [0.2, 0.25) is 0 Å². The maximum Gasteiger partial charge on any atom is 0.265 e. The van der Waals surface area contributed by atoms with Crippen molar-refractivity contribution < 1.29 is 4.79 Å². The average Bonchev–Trinajstić information content (AvgIpc) is 2.88. The monoisotopic (exact) mass is 293 g/mol. The first-order valence-electron chi connectivity index (χ1n) is 6.22. The summed E-state index contributed by atoms with van der Waals surface area (Å²) in [5.41, 5.74) is 8.52. The van der Waals surface area contributed by atoms with Crippen molar-refractivity contribution in [2.75, 3.05) is 25.1 Å². The van der Waals surface area contributed by atoms with Gasteiger partial charge in [0, 0.05) is 39.4 Å². The fourth-order valence-electron chi connectivity index (χ4n) is 1.87. The zero-order valence-corrected chi connectivity index (χ0v) is 12.9. The summed E-state index contributed by atoms with van der Waals surface area (Å²) in [6, 6.07) is 1.80. The lowest BCUT2D eigenvalue weighted by Gasteiger charge is -2.08. The Balaban J connectivity index is 2.09. The van der Waals surface area contributed by atoms with E-state index in [-0.39, 0.29) is 5.91 Å². The Morgan fingerprint density at radius 1 is 1.55 bits per heavy atom. The van der Waals surface area contributed by atoms with Gasteiger partial charge in [-0.05, 0) is 13.0 Å². The van der Waals surface area contributed by atoms with E-state index in [4.69, 9.17) is 5.73 Å². The zero-order chi connectivity index (χ0) is 14.9. The van der Waals surface area contributed by atoms with E-state index in [1.54, 1.807) is 24.8 Å². The quantitative estimate of drug-likeness (QED) is 0.899. The first kappa shape index (κ1) is 14.4. The Hall–Kier alpha value is -2.02. The van der Waals surface area contributed by atoms with Crippen molar-refractivity contribution in [3.8, 4) is 0 Å². The summed E-state index contributed by atoms with van der Waals surface area (Å²) < 4.78 is 1.79. The van der Waals surface area contributed by atoms with Crippen LogP contribution in [0.1, 0.15) is 20.9 Å². The molecular formula is C13H19N5OS. The van der Waals surface area contributed by atoms with Crippen LogP contribution in [0.5, 0.6) is 0 Å². The fraction of sp³-hybridized carbons (Fsp3) is 0.385. The average molecular weight is 293 g/mol. The van der Waals surface area contributed by atoms with Gasteiger partial charge in [-0.2, -0.15) is 5.10 Å². The van der Waals surface area contributed by atoms with E-state index in [2.05, 4.69) is 10.4 Å². The van der Waals surface area contributed by atoms with Crippen molar-refractivity contribution in [2.45, 2.75) is 13.5 Å². The third kappa shape index (κ3) is 2.93. The van der Waals surface area contributed by atoms with Crippen LogP contribution >= 0.6 is 11.3 Å². The third-order valence-corrected chi connectivity index (χ3v) is 4.03. The first-order valence-corrected chi connectivity index (χ1v) is 7.04. The van der Waals surface area contributed by atoms with Gasteiger partial charge in [-0.3, -0.25) is 9.48 Å². The smallest absolute Gasteiger partial charge is 0.265 e. The Morgan fingerprint density at radius 2 is 2.25 bits per heavy atom. The van der Waals surface area contributed by atoms with Crippen molar-refractivity contribution in [2.24, 2.45) is 7.05 Å². The standard InChI is InChI=1S/C13H19N5OS/c1-8-9(7-18(4)16-8)6-15-11-5-10(14)12(20-11)13(19)17(2)3/h5,7,15H,6,14H2,1-4H3. The number of nitrogen functional groups attached to an aromatic ring is 1. The second kappa shape index (κ2) is 5.54. The van der Waals surface area contributed by atoms with Crippen LogP contribution in [0.4, 0.5) is 10.7 Å². The molecule has 0 saturated heterocycles. The minimum Gasteiger partial charge on any atom is -0.397 e. The van der Waals surface area contributed by atoms with E-state index >= 15 is 0 Å². The molecule has 1 amide bonds. The van der Waals surface area contributed by atoms with Crippen LogP contribution in [0.25, 0.3) is 0 Å². The molecule has 6 nitrogen and oxygen atoms in total. The molecule has 20 heavy (non-hydrogen) atoms. The minimum atomic E-state index is -0.0712. The largest absolute Gasteiger partial charge is 0.397 e. The van der Waals surface area contributed by atoms with Gasteiger partial charge < -0.3 is 16.0 Å². The summed E-state index contributed by atoms with van der Waals surface area (Å²) in [5.74, 6) is -0.0712. The Morgan fingerprint density at radius 3 is 2.80 bits per heavy atom. The highest BCUT2D eigenvalue weighted by Gasteiger charge is 2.16. The molecule has 0 fully saturated rings. The number of carbonyl (C=O) groups is 1. The molecule has 0 aliphatic carbocycles. The van der Waals surface area contributed by atoms with Gasteiger partial charge in [0.15, 0.2) is 0 Å². The number of amides is 1. The lowest BCUT2D eigenvalue weighted by molar-refractivity contribution is 0.0833. The molecule has 0 aromatic carbocycles. The van der Waals surface area contributed by atoms with E-state index < -0.39 is 0 Å². The van der Waals surface area contributed by atoms with E-state index in [1.165, 1.54) is 16.2 Å². The molecule has 0 unspecified atom stereocenters. The molecule has 3 N–H and O–H groups in total. The molecule has 2 heterocycles. The molecule has 0 spiro atoms. The summed E-state index contributed by atoms with van der Waals surface area (Å²) >= 11 is 1.37. The predicted molar refractivity (Wildman–Crippen MR) is 82.0 cm³/mol. The molecule has 0 aliphatic rings. The molecule has 0 saturated carbocycles. The van der Waals surface area contributed by atoms with Crippen LogP contribution in [-0.4, -0.2) is 34.7 Å². The summed E-state index contributed by atoms with van der Waals surface area (Å²) in [7, 11) is 5.33. The maximum absolute atomic E-state index is 11.9. The highest BCUT2D eigenvalue weighted by Crippen LogP contribution is 2.30. The number of nitrogens with one attached hydrogen (secondary N) is 1. The highest BCUT2D eigenvalue weighted by molar-refractivity contribution is 7.18. The van der Waals surface area contributed by atoms with Gasteiger partial charge in [-0.1, -0.05) is 0 Å². The number of thiophene rings is 1. The molecule has 108 valence electrons. The fourth-order valence-corrected chi connectivity index (χ4v) is 2.86. The Bertz CT molecular complexity index is 629. The van der Waals surface area contributed by atoms with Crippen molar-refractivity contribution in [1.29, 1.82) is 0 Å². The van der Waals surface area contributed by atoms with Crippen molar-refractivity contribution in [3.05, 3.63) is 28.4 Å². The summed E-state index contributed by atoms with van der Waals surface area (Å²) in [5, 5.41) is 8.46. The second-order valence-electron chi connectivity index (χ2n) is 4.86. The summed E-state index contributed by atoms with van der Waals surface area (Å²) in [6.07, 6.45) is 1.98. The van der Waals surface area contributed by atoms with E-state index in [9.17, 15) is 4.79 Å². The maximum atomic E-state index is 11.9. The second-order valence-corrected chi connectivity index (χ2v) is 5.91. The topological polar surface area (TPSA) is 76.2 Å². The molecule has 2 aromatic heterocycles. The Labute approximate surface area is 122 Å². The number of hydrogen-bond acceptors (Lipinski definition) is 5. The van der Waals surface area contributed by atoms with E-state index in [0.717, 1.165) is 16.3 Å². The highest BCUT2D eigenvalue weighted by atomic mass is 32.1. The molecule has 2 aromatic rings. The van der Waals surface area contributed by atoms with Crippen molar-refractivity contribution in [1.82, 2.24) is 14.7 Å². The zero-order valence-electron chi connectivity index (χ0n) is 12.1. The number of nitrogens with two attached hydrogens (primary N) is 1. The van der Waals surface area contributed by atoms with Gasteiger partial charge in [0.05, 0.1) is 16.4 Å². The predicted octanol–water partition coefficient (Wildman–Crippen LogP) is 1.69. The molecule has 0 bridgehead atoms. The van der Waals surface area contributed by atoms with Gasteiger partial charge in [0.2, 0.25) is 0 Å².